The molecule has 41 heavy (non-hydrogen) atoms. The molecule has 0 radical (unpaired) electrons. The number of carbonyl (C=O) groups excluding carboxylic acids is 2. The fourth-order valence-electron chi connectivity index (χ4n) is 4.84. The number of likely N-dealkylation sites (tertiary alicyclic amines) is 1. The van der Waals surface area contributed by atoms with Crippen LogP contribution in [0.3, 0.4) is 0 Å². The highest BCUT2D eigenvalue weighted by atomic mass is 16.5. The number of furan rings is 1. The molecule has 1 unspecified atom stereocenters. The summed E-state index contributed by atoms with van der Waals surface area (Å²) in [6.07, 6.45) is 3.49. The average molecular weight is 552 g/mol. The van der Waals surface area contributed by atoms with Crippen molar-refractivity contribution in [2.75, 3.05) is 6.61 Å². The molecular formula is C34H33NO6. The predicted octanol–water partition coefficient (Wildman–Crippen LogP) is 6.97. The van der Waals surface area contributed by atoms with E-state index in [2.05, 4.69) is 6.92 Å². The Hall–Kier alpha value is -4.78. The van der Waals surface area contributed by atoms with Gasteiger partial charge in [-0.05, 0) is 78.6 Å². The summed E-state index contributed by atoms with van der Waals surface area (Å²) >= 11 is 0. The summed E-state index contributed by atoms with van der Waals surface area (Å²) in [6.45, 7) is 5.23. The maximum absolute atomic E-state index is 13.4. The third-order valence-corrected chi connectivity index (χ3v) is 7.19. The minimum atomic E-state index is -0.804. The zero-order chi connectivity index (χ0) is 28.8. The molecule has 3 aromatic carbocycles. The van der Waals surface area contributed by atoms with Crippen LogP contribution in [0.4, 0.5) is 0 Å². The molecule has 210 valence electrons. The first-order chi connectivity index (χ1) is 20.0. The SMILES string of the molecule is CCCCOc1ccc(C2C(=C(O)c3ccc(OCc4ccccc4C)cc3)C(=O)C(=O)N2Cc2ccco2)cc1. The number of rotatable bonds is 11. The lowest BCUT2D eigenvalue weighted by atomic mass is 9.95. The van der Waals surface area contributed by atoms with Gasteiger partial charge in [-0.3, -0.25) is 9.59 Å². The van der Waals surface area contributed by atoms with Gasteiger partial charge in [0.05, 0.1) is 31.0 Å². The number of hydrogen-bond acceptors (Lipinski definition) is 6. The van der Waals surface area contributed by atoms with E-state index in [-0.39, 0.29) is 17.9 Å². The van der Waals surface area contributed by atoms with Crippen molar-refractivity contribution in [1.82, 2.24) is 4.90 Å². The molecule has 5 rings (SSSR count). The van der Waals surface area contributed by atoms with Crippen LogP contribution in [0, 0.1) is 6.92 Å². The van der Waals surface area contributed by atoms with Gasteiger partial charge in [-0.15, -0.1) is 0 Å². The molecule has 1 saturated heterocycles. The molecule has 7 nitrogen and oxygen atoms in total. The Balaban J connectivity index is 1.44. The second-order valence-electron chi connectivity index (χ2n) is 10.0. The van der Waals surface area contributed by atoms with E-state index >= 15 is 0 Å². The van der Waals surface area contributed by atoms with Gasteiger partial charge in [0.25, 0.3) is 11.7 Å². The molecule has 2 heterocycles. The van der Waals surface area contributed by atoms with Crippen LogP contribution < -0.4 is 9.47 Å². The van der Waals surface area contributed by atoms with E-state index in [1.165, 1.54) is 11.2 Å². The predicted molar refractivity (Wildman–Crippen MR) is 155 cm³/mol. The summed E-state index contributed by atoms with van der Waals surface area (Å²) in [6, 6.07) is 24.8. The van der Waals surface area contributed by atoms with Crippen molar-refractivity contribution in [1.29, 1.82) is 0 Å². The molecule has 7 heteroatoms. The van der Waals surface area contributed by atoms with Crippen molar-refractivity contribution in [3.05, 3.63) is 125 Å². The van der Waals surface area contributed by atoms with Crippen LogP contribution in [0.1, 0.15) is 53.8 Å². The third-order valence-electron chi connectivity index (χ3n) is 7.19. The molecular weight excluding hydrogens is 518 g/mol. The van der Waals surface area contributed by atoms with Gasteiger partial charge >= 0.3 is 0 Å². The van der Waals surface area contributed by atoms with E-state index in [4.69, 9.17) is 13.9 Å². The largest absolute Gasteiger partial charge is 0.507 e. The maximum Gasteiger partial charge on any atom is 0.296 e. The fraction of sp³-hybridized carbons (Fsp3) is 0.235. The maximum atomic E-state index is 13.4. The Morgan fingerprint density at radius 1 is 0.902 bits per heavy atom. The van der Waals surface area contributed by atoms with E-state index in [0.717, 1.165) is 24.0 Å². The van der Waals surface area contributed by atoms with Crippen molar-refractivity contribution >= 4 is 17.4 Å². The minimum absolute atomic E-state index is 0.0230. The zero-order valence-corrected chi connectivity index (χ0v) is 23.2. The van der Waals surface area contributed by atoms with Gasteiger partial charge in [0, 0.05) is 5.56 Å². The Morgan fingerprint density at radius 2 is 1.61 bits per heavy atom. The van der Waals surface area contributed by atoms with Crippen molar-refractivity contribution in [2.24, 2.45) is 0 Å². The monoisotopic (exact) mass is 551 g/mol. The Morgan fingerprint density at radius 3 is 2.29 bits per heavy atom. The standard InChI is InChI=1S/C34H33NO6/c1-3-4-19-39-27-15-11-24(12-16-27)31-30(33(37)34(38)35(31)21-29-10-7-20-40-29)32(36)25-13-17-28(18-14-25)41-22-26-9-6-5-8-23(26)2/h5-18,20,31,36H,3-4,19,21-22H2,1-2H3. The highest BCUT2D eigenvalue weighted by molar-refractivity contribution is 6.46. The molecule has 0 bridgehead atoms. The second kappa shape index (κ2) is 12.6. The number of ketones is 1. The number of ether oxygens (including phenoxy) is 2. The number of unbranched alkanes of at least 4 members (excludes halogenated alkanes) is 1. The average Bonchev–Trinajstić information content (AvgIpc) is 3.60. The van der Waals surface area contributed by atoms with Crippen molar-refractivity contribution < 1.29 is 28.6 Å². The molecule has 1 fully saturated rings. The van der Waals surface area contributed by atoms with Crippen LogP contribution >= 0.6 is 0 Å². The van der Waals surface area contributed by atoms with Gasteiger partial charge in [0.1, 0.15) is 29.6 Å². The molecule has 1 atom stereocenters. The third kappa shape index (κ3) is 6.19. The molecule has 1 N–H and O–H groups in total. The van der Waals surface area contributed by atoms with E-state index in [9.17, 15) is 14.7 Å². The highest BCUT2D eigenvalue weighted by Gasteiger charge is 2.46. The molecule has 4 aromatic rings. The minimum Gasteiger partial charge on any atom is -0.507 e. The fourth-order valence-corrected chi connectivity index (χ4v) is 4.84. The van der Waals surface area contributed by atoms with E-state index in [1.54, 1.807) is 36.4 Å². The number of nitrogens with zero attached hydrogens (tertiary/aromatic N) is 1. The van der Waals surface area contributed by atoms with Gasteiger partial charge in [0.15, 0.2) is 0 Å². The van der Waals surface area contributed by atoms with Gasteiger partial charge in [-0.1, -0.05) is 49.7 Å². The molecule has 0 saturated carbocycles. The van der Waals surface area contributed by atoms with Gasteiger partial charge in [0.2, 0.25) is 0 Å². The van der Waals surface area contributed by atoms with E-state index in [1.807, 2.05) is 55.5 Å². The Kier molecular flexibility index (Phi) is 8.53. The van der Waals surface area contributed by atoms with Crippen LogP contribution in [-0.4, -0.2) is 28.3 Å². The number of Topliss-reactive ketones (excluding diaryl/α,β-unsaturated/α-hetero) is 1. The number of hydrogen-bond donors (Lipinski definition) is 1. The van der Waals surface area contributed by atoms with E-state index < -0.39 is 17.7 Å². The topological polar surface area (TPSA) is 89.2 Å². The lowest BCUT2D eigenvalue weighted by molar-refractivity contribution is -0.140. The number of carbonyl (C=O) groups is 2. The molecule has 0 aliphatic carbocycles. The van der Waals surface area contributed by atoms with Crippen LogP contribution in [0.2, 0.25) is 0 Å². The highest BCUT2D eigenvalue weighted by Crippen LogP contribution is 2.41. The normalized spacial score (nSPS) is 16.2. The number of benzene rings is 3. The lowest BCUT2D eigenvalue weighted by Gasteiger charge is -2.24. The number of aryl methyl sites for hydroxylation is 1. The van der Waals surface area contributed by atoms with Crippen molar-refractivity contribution in [3.8, 4) is 11.5 Å². The molecule has 1 aromatic heterocycles. The molecule has 1 aliphatic heterocycles. The Bertz CT molecular complexity index is 1520. The summed E-state index contributed by atoms with van der Waals surface area (Å²) < 4.78 is 17.2. The second-order valence-corrected chi connectivity index (χ2v) is 10.0. The summed E-state index contributed by atoms with van der Waals surface area (Å²) in [5.74, 6) is 0.164. The van der Waals surface area contributed by atoms with E-state index in [0.29, 0.717) is 41.6 Å². The summed E-state index contributed by atoms with van der Waals surface area (Å²) in [5, 5.41) is 11.4. The van der Waals surface area contributed by atoms with Crippen LogP contribution in [0.15, 0.2) is 101 Å². The summed E-state index contributed by atoms with van der Waals surface area (Å²) in [5.41, 5.74) is 3.33. The van der Waals surface area contributed by atoms with Gasteiger partial charge in [-0.25, -0.2) is 0 Å². The first-order valence-corrected chi connectivity index (χ1v) is 13.8. The van der Waals surface area contributed by atoms with Crippen LogP contribution in [-0.2, 0) is 22.7 Å². The van der Waals surface area contributed by atoms with Crippen LogP contribution in [0.5, 0.6) is 11.5 Å². The molecule has 1 amide bonds. The Labute approximate surface area is 239 Å². The van der Waals surface area contributed by atoms with Crippen molar-refractivity contribution in [2.45, 2.75) is 45.9 Å². The summed E-state index contributed by atoms with van der Waals surface area (Å²) in [4.78, 5) is 28.0. The molecule has 0 spiro atoms. The molecule has 1 aliphatic rings. The van der Waals surface area contributed by atoms with Crippen LogP contribution in [0.25, 0.3) is 5.76 Å². The number of amides is 1. The first-order valence-electron chi connectivity index (χ1n) is 13.8. The lowest BCUT2D eigenvalue weighted by Crippen LogP contribution is -2.29. The number of aliphatic hydroxyl groups is 1. The van der Waals surface area contributed by atoms with Gasteiger partial charge < -0.3 is 23.9 Å². The number of aliphatic hydroxyl groups excluding tert-OH is 1. The zero-order valence-electron chi connectivity index (χ0n) is 23.2. The van der Waals surface area contributed by atoms with Crippen molar-refractivity contribution in [3.63, 3.8) is 0 Å². The van der Waals surface area contributed by atoms with Gasteiger partial charge in [-0.2, -0.15) is 0 Å². The first kappa shape index (κ1) is 27.8. The smallest absolute Gasteiger partial charge is 0.296 e. The summed E-state index contributed by atoms with van der Waals surface area (Å²) in [7, 11) is 0. The quantitative estimate of drug-likeness (QED) is 0.0937.